The third kappa shape index (κ3) is 4.23. The predicted molar refractivity (Wildman–Crippen MR) is 81.7 cm³/mol. The van der Waals surface area contributed by atoms with Crippen LogP contribution in [0.4, 0.5) is 0 Å². The zero-order valence-corrected chi connectivity index (χ0v) is 12.9. The second-order valence-corrected chi connectivity index (χ2v) is 5.70. The molecule has 1 atom stereocenters. The minimum absolute atomic E-state index is 0.281. The predicted octanol–water partition coefficient (Wildman–Crippen LogP) is 0.598. The summed E-state index contributed by atoms with van der Waals surface area (Å²) in [5.41, 5.74) is 1.21. The van der Waals surface area contributed by atoms with Gasteiger partial charge in [-0.25, -0.2) is 0 Å². The van der Waals surface area contributed by atoms with Gasteiger partial charge in [-0.15, -0.1) is 0 Å². The lowest BCUT2D eigenvalue weighted by molar-refractivity contribution is 0.298. The van der Waals surface area contributed by atoms with Gasteiger partial charge in [0.05, 0.1) is 12.2 Å². The van der Waals surface area contributed by atoms with E-state index in [4.69, 9.17) is 0 Å². The summed E-state index contributed by atoms with van der Waals surface area (Å²) in [4.78, 5) is 6.47. The molecule has 6 heteroatoms. The first-order valence-corrected chi connectivity index (χ1v) is 7.19. The van der Waals surface area contributed by atoms with Crippen molar-refractivity contribution in [1.82, 2.24) is 25.3 Å². The molecule has 1 heterocycles. The monoisotopic (exact) mass is 278 g/mol. The van der Waals surface area contributed by atoms with Gasteiger partial charge in [0.25, 0.3) is 0 Å². The van der Waals surface area contributed by atoms with Crippen molar-refractivity contribution in [2.45, 2.75) is 18.9 Å². The number of likely N-dealkylation sites (N-methyl/N-ethyl adjacent to an activating group) is 1. The smallest absolute Gasteiger partial charge is 0.191 e. The van der Waals surface area contributed by atoms with Crippen molar-refractivity contribution < 1.29 is 0 Å². The van der Waals surface area contributed by atoms with Crippen LogP contribution in [0.3, 0.4) is 0 Å². The number of aromatic nitrogens is 2. The molecule has 1 saturated carbocycles. The van der Waals surface area contributed by atoms with E-state index in [1.165, 1.54) is 18.4 Å². The molecule has 1 fully saturated rings. The van der Waals surface area contributed by atoms with E-state index in [1.807, 2.05) is 25.0 Å². The molecule has 0 saturated heterocycles. The Bertz CT molecular complexity index is 446. The number of aliphatic imine (C=N–C) groups is 1. The Morgan fingerprint density at radius 3 is 2.75 bits per heavy atom. The molecule has 112 valence electrons. The molecule has 1 aromatic rings. The van der Waals surface area contributed by atoms with Crippen LogP contribution in [0.2, 0.25) is 0 Å². The molecule has 2 rings (SSSR count). The van der Waals surface area contributed by atoms with Crippen LogP contribution in [0, 0.1) is 5.92 Å². The highest BCUT2D eigenvalue weighted by Gasteiger charge is 2.21. The van der Waals surface area contributed by atoms with Gasteiger partial charge in [-0.05, 0) is 32.9 Å². The maximum absolute atomic E-state index is 4.27. The standard InChI is InChI=1S/C14H26N6/c1-15-14(16-7-11-5-6-11)17-9-13(19(2)3)12-8-18-20(4)10-12/h8,10-11,13H,5-7,9H2,1-4H3,(H2,15,16,17). The lowest BCUT2D eigenvalue weighted by Gasteiger charge is -2.24. The van der Waals surface area contributed by atoms with Crippen LogP contribution in [0.5, 0.6) is 0 Å². The molecular weight excluding hydrogens is 252 g/mol. The molecule has 20 heavy (non-hydrogen) atoms. The SMILES string of the molecule is CN=C(NCC1CC1)NCC(c1cnn(C)c1)N(C)C. The fourth-order valence-corrected chi connectivity index (χ4v) is 2.19. The Morgan fingerprint density at radius 2 is 2.25 bits per heavy atom. The van der Waals surface area contributed by atoms with E-state index in [9.17, 15) is 0 Å². The van der Waals surface area contributed by atoms with Crippen LogP contribution in [0.25, 0.3) is 0 Å². The van der Waals surface area contributed by atoms with E-state index in [-0.39, 0.29) is 6.04 Å². The van der Waals surface area contributed by atoms with Crippen LogP contribution in [-0.2, 0) is 7.05 Å². The summed E-state index contributed by atoms with van der Waals surface area (Å²) in [6.07, 6.45) is 6.68. The number of nitrogens with one attached hydrogen (secondary N) is 2. The van der Waals surface area contributed by atoms with Gasteiger partial charge < -0.3 is 15.5 Å². The van der Waals surface area contributed by atoms with Crippen molar-refractivity contribution in [3.05, 3.63) is 18.0 Å². The van der Waals surface area contributed by atoms with Crippen LogP contribution in [0.15, 0.2) is 17.4 Å². The Kier molecular flexibility index (Phi) is 5.00. The van der Waals surface area contributed by atoms with Gasteiger partial charge in [-0.3, -0.25) is 9.67 Å². The minimum atomic E-state index is 0.281. The summed E-state index contributed by atoms with van der Waals surface area (Å²) in [6.45, 7) is 1.84. The Balaban J connectivity index is 1.87. The number of hydrogen-bond acceptors (Lipinski definition) is 3. The molecular formula is C14H26N6. The van der Waals surface area contributed by atoms with Gasteiger partial charge in [0.2, 0.25) is 0 Å². The average molecular weight is 278 g/mol. The number of aryl methyl sites for hydroxylation is 1. The average Bonchev–Trinajstić information content (AvgIpc) is 3.15. The van der Waals surface area contributed by atoms with Gasteiger partial charge in [-0.1, -0.05) is 0 Å². The molecule has 1 unspecified atom stereocenters. The third-order valence-corrected chi connectivity index (χ3v) is 3.67. The topological polar surface area (TPSA) is 57.5 Å². The van der Waals surface area contributed by atoms with Gasteiger partial charge in [0.1, 0.15) is 0 Å². The number of hydrogen-bond donors (Lipinski definition) is 2. The molecule has 0 aliphatic heterocycles. The second-order valence-electron chi connectivity index (χ2n) is 5.70. The lowest BCUT2D eigenvalue weighted by Crippen LogP contribution is -2.42. The van der Waals surface area contributed by atoms with Gasteiger partial charge in [-0.2, -0.15) is 5.10 Å². The number of nitrogens with zero attached hydrogens (tertiary/aromatic N) is 4. The largest absolute Gasteiger partial charge is 0.356 e. The first-order valence-electron chi connectivity index (χ1n) is 7.19. The molecule has 2 N–H and O–H groups in total. The zero-order chi connectivity index (χ0) is 14.5. The van der Waals surface area contributed by atoms with Crippen LogP contribution >= 0.6 is 0 Å². The van der Waals surface area contributed by atoms with Crippen LogP contribution in [-0.4, -0.2) is 54.9 Å². The van der Waals surface area contributed by atoms with E-state index in [2.05, 4.69) is 45.9 Å². The molecule has 0 radical (unpaired) electrons. The zero-order valence-electron chi connectivity index (χ0n) is 12.9. The number of rotatable bonds is 6. The molecule has 1 aliphatic rings. The van der Waals surface area contributed by atoms with E-state index in [0.29, 0.717) is 0 Å². The van der Waals surface area contributed by atoms with Crippen LogP contribution < -0.4 is 10.6 Å². The normalized spacial score (nSPS) is 17.4. The third-order valence-electron chi connectivity index (χ3n) is 3.67. The maximum atomic E-state index is 4.27. The Labute approximate surface area is 121 Å². The van der Waals surface area contributed by atoms with Crippen LogP contribution in [0.1, 0.15) is 24.4 Å². The highest BCUT2D eigenvalue weighted by molar-refractivity contribution is 5.79. The van der Waals surface area contributed by atoms with Crippen molar-refractivity contribution >= 4 is 5.96 Å². The van der Waals surface area contributed by atoms with Gasteiger partial charge >= 0.3 is 0 Å². The van der Waals surface area contributed by atoms with E-state index >= 15 is 0 Å². The minimum Gasteiger partial charge on any atom is -0.356 e. The van der Waals surface area contributed by atoms with E-state index in [0.717, 1.165) is 25.0 Å². The second kappa shape index (κ2) is 6.74. The summed E-state index contributed by atoms with van der Waals surface area (Å²) in [5, 5.41) is 11.0. The molecule has 0 aromatic carbocycles. The fourth-order valence-electron chi connectivity index (χ4n) is 2.19. The van der Waals surface area contributed by atoms with Crippen molar-refractivity contribution in [3.8, 4) is 0 Å². The van der Waals surface area contributed by atoms with Gasteiger partial charge in [0, 0.05) is 38.9 Å². The summed E-state index contributed by atoms with van der Waals surface area (Å²) in [6, 6.07) is 0.281. The molecule has 6 nitrogen and oxygen atoms in total. The van der Waals surface area contributed by atoms with E-state index < -0.39 is 0 Å². The van der Waals surface area contributed by atoms with Crippen molar-refractivity contribution in [1.29, 1.82) is 0 Å². The lowest BCUT2D eigenvalue weighted by atomic mass is 10.1. The molecule has 0 amide bonds. The summed E-state index contributed by atoms with van der Waals surface area (Å²) in [5.74, 6) is 1.73. The molecule has 1 aromatic heterocycles. The van der Waals surface area contributed by atoms with Crippen molar-refractivity contribution in [3.63, 3.8) is 0 Å². The molecule has 0 spiro atoms. The highest BCUT2D eigenvalue weighted by atomic mass is 15.3. The Morgan fingerprint density at radius 1 is 1.50 bits per heavy atom. The summed E-state index contributed by atoms with van der Waals surface area (Å²) >= 11 is 0. The van der Waals surface area contributed by atoms with E-state index in [1.54, 1.807) is 0 Å². The summed E-state index contributed by atoms with van der Waals surface area (Å²) in [7, 11) is 7.93. The maximum Gasteiger partial charge on any atom is 0.191 e. The van der Waals surface area contributed by atoms with Crippen molar-refractivity contribution in [2.24, 2.45) is 18.0 Å². The Hall–Kier alpha value is -1.56. The summed E-state index contributed by atoms with van der Waals surface area (Å²) < 4.78 is 1.84. The number of guanidine groups is 1. The first kappa shape index (κ1) is 14.8. The fraction of sp³-hybridized carbons (Fsp3) is 0.714. The first-order chi connectivity index (χ1) is 9.60. The molecule has 1 aliphatic carbocycles. The van der Waals surface area contributed by atoms with Crippen molar-refractivity contribution in [2.75, 3.05) is 34.2 Å². The highest BCUT2D eigenvalue weighted by Crippen LogP contribution is 2.27. The molecule has 0 bridgehead atoms. The quantitative estimate of drug-likeness (QED) is 0.591. The van der Waals surface area contributed by atoms with Gasteiger partial charge in [0.15, 0.2) is 5.96 Å².